The van der Waals surface area contributed by atoms with E-state index in [1.54, 1.807) is 0 Å². The number of aliphatic carboxylic acids is 3. The highest BCUT2D eigenvalue weighted by Crippen LogP contribution is 1.86. The highest BCUT2D eigenvalue weighted by Gasteiger charge is 2.00. The zero-order valence-electron chi connectivity index (χ0n) is 9.45. The van der Waals surface area contributed by atoms with Crippen LogP contribution in [0.4, 0.5) is 0 Å². The third-order valence-corrected chi connectivity index (χ3v) is 0.688. The lowest BCUT2D eigenvalue weighted by Crippen LogP contribution is -2.00. The van der Waals surface area contributed by atoms with E-state index in [0.717, 1.165) is 12.2 Å². The summed E-state index contributed by atoms with van der Waals surface area (Å²) in [6.45, 7) is -0.778. The number of carbonyl (C=O) groups excluding carboxylic acids is 2. The summed E-state index contributed by atoms with van der Waals surface area (Å²) in [5, 5.41) is 41.6. The first-order valence-corrected chi connectivity index (χ1v) is 4.07. The van der Waals surface area contributed by atoms with Crippen molar-refractivity contribution in [3.05, 3.63) is 0 Å². The van der Waals surface area contributed by atoms with Gasteiger partial charge in [-0.25, -0.2) is 25.2 Å². The van der Waals surface area contributed by atoms with Gasteiger partial charge in [-0.15, -0.1) is 0 Å². The number of hydrogen-bond donors (Lipinski definition) is 6. The Balaban J connectivity index is -0.0000000879. The smallest absolute Gasteiger partial charge is 0.329 e. The fourth-order valence-corrected chi connectivity index (χ4v) is 0.214. The van der Waals surface area contributed by atoms with Crippen LogP contribution in [-0.2, 0) is 24.0 Å². The summed E-state index contributed by atoms with van der Waals surface area (Å²) in [6.07, 6.45) is 0.907. The minimum Gasteiger partial charge on any atom is -0.481 e. The van der Waals surface area contributed by atoms with E-state index in [9.17, 15) is 9.59 Å². The highest BCUT2D eigenvalue weighted by atomic mass is 16.4. The molecule has 0 amide bonds. The molecule has 0 radical (unpaired) electrons. The average molecular weight is 280 g/mol. The molecule has 0 spiro atoms. The molecule has 0 aliphatic carbocycles. The SMILES string of the molecule is N=C=O.N=C=O.O=C(O)CCC(=O)O.O=C(O)CO. The van der Waals surface area contributed by atoms with Gasteiger partial charge in [-0.3, -0.25) is 9.59 Å². The zero-order chi connectivity index (χ0) is 16.3. The molecule has 0 aliphatic rings. The second kappa shape index (κ2) is 24.4. The minimum absolute atomic E-state index is 0.296. The molecule has 0 aromatic rings. The van der Waals surface area contributed by atoms with E-state index in [0.29, 0.717) is 0 Å². The van der Waals surface area contributed by atoms with Gasteiger partial charge >= 0.3 is 17.9 Å². The molecule has 6 N–H and O–H groups in total. The monoisotopic (exact) mass is 280 g/mol. The Bertz CT molecular complexity index is 301. The van der Waals surface area contributed by atoms with Gasteiger partial charge in [0.15, 0.2) is 0 Å². The van der Waals surface area contributed by atoms with Crippen molar-refractivity contribution in [1.29, 1.82) is 10.8 Å². The van der Waals surface area contributed by atoms with Crippen LogP contribution < -0.4 is 0 Å². The van der Waals surface area contributed by atoms with Crippen molar-refractivity contribution in [2.45, 2.75) is 12.8 Å². The summed E-state index contributed by atoms with van der Waals surface area (Å²) in [4.78, 5) is 45.1. The third kappa shape index (κ3) is 153. The molecular formula is C8H12N2O9. The maximum atomic E-state index is 9.64. The molecule has 0 saturated carbocycles. The van der Waals surface area contributed by atoms with Crippen molar-refractivity contribution >= 4 is 30.1 Å². The zero-order valence-corrected chi connectivity index (χ0v) is 9.45. The minimum atomic E-state index is -1.19. The number of carbonyl (C=O) groups is 3. The van der Waals surface area contributed by atoms with Crippen LogP contribution in [0.1, 0.15) is 12.8 Å². The van der Waals surface area contributed by atoms with Crippen molar-refractivity contribution < 1.29 is 44.4 Å². The topological polar surface area (TPSA) is 214 Å². The summed E-state index contributed by atoms with van der Waals surface area (Å²) < 4.78 is 0. The molecule has 11 heteroatoms. The standard InChI is InChI=1S/C4H6O4.C2H4O3.2CHNO/c5-3(6)1-2-4(7)8;3-1-2(4)5;2*2-1-3/h1-2H2,(H,5,6)(H,7,8);3H,1H2,(H,4,5);2*2H. The molecule has 19 heavy (non-hydrogen) atoms. The van der Waals surface area contributed by atoms with Gasteiger partial charge in [0.25, 0.3) is 0 Å². The number of carboxylic acid groups (broad SMARTS) is 3. The van der Waals surface area contributed by atoms with Crippen LogP contribution in [0.2, 0.25) is 0 Å². The number of nitrogens with one attached hydrogen (secondary N) is 2. The van der Waals surface area contributed by atoms with Crippen LogP contribution in [-0.4, -0.2) is 57.1 Å². The normalized spacial score (nSPS) is 6.37. The number of aliphatic hydroxyl groups is 1. The molecule has 0 rings (SSSR count). The van der Waals surface area contributed by atoms with Crippen molar-refractivity contribution in [2.75, 3.05) is 6.61 Å². The number of aliphatic hydroxyl groups excluding tert-OH is 1. The fraction of sp³-hybridized carbons (Fsp3) is 0.375. The lowest BCUT2D eigenvalue weighted by Gasteiger charge is -1.85. The van der Waals surface area contributed by atoms with Crippen LogP contribution >= 0.6 is 0 Å². The first-order chi connectivity index (χ1) is 8.72. The molecule has 0 bridgehead atoms. The van der Waals surface area contributed by atoms with Gasteiger partial charge in [-0.05, 0) is 0 Å². The largest absolute Gasteiger partial charge is 0.481 e. The molecule has 108 valence electrons. The average Bonchev–Trinajstić information content (AvgIpc) is 2.29. The maximum absolute atomic E-state index is 9.64. The van der Waals surface area contributed by atoms with Crippen LogP contribution in [0.5, 0.6) is 0 Å². The Kier molecular flexibility index (Phi) is 32.2. The van der Waals surface area contributed by atoms with E-state index in [-0.39, 0.29) is 12.8 Å². The molecular weight excluding hydrogens is 268 g/mol. The van der Waals surface area contributed by atoms with Gasteiger partial charge in [-0.2, -0.15) is 0 Å². The third-order valence-electron chi connectivity index (χ3n) is 0.688. The summed E-state index contributed by atoms with van der Waals surface area (Å²) in [7, 11) is 0. The Hall–Kier alpha value is -2.87. The molecule has 0 atom stereocenters. The maximum Gasteiger partial charge on any atom is 0.329 e. The molecule has 0 aliphatic heterocycles. The molecule has 11 nitrogen and oxygen atoms in total. The molecule has 0 heterocycles. The van der Waals surface area contributed by atoms with Gasteiger partial charge in [0.2, 0.25) is 12.2 Å². The highest BCUT2D eigenvalue weighted by molar-refractivity contribution is 5.75. The first-order valence-electron chi connectivity index (χ1n) is 4.07. The van der Waals surface area contributed by atoms with E-state index in [2.05, 4.69) is 0 Å². The van der Waals surface area contributed by atoms with Crippen molar-refractivity contribution in [3.8, 4) is 0 Å². The lowest BCUT2D eigenvalue weighted by molar-refractivity contribution is -0.143. The second-order valence-corrected chi connectivity index (χ2v) is 2.04. The van der Waals surface area contributed by atoms with Gasteiger partial charge in [0.05, 0.1) is 12.8 Å². The van der Waals surface area contributed by atoms with E-state index in [4.69, 9.17) is 45.6 Å². The molecule has 0 aromatic carbocycles. The number of isocyanates is 2. The van der Waals surface area contributed by atoms with Crippen molar-refractivity contribution in [1.82, 2.24) is 0 Å². The van der Waals surface area contributed by atoms with Crippen LogP contribution in [0.25, 0.3) is 0 Å². The van der Waals surface area contributed by atoms with Gasteiger partial charge in [0, 0.05) is 0 Å². The first kappa shape index (κ1) is 25.1. The number of rotatable bonds is 4. The summed E-state index contributed by atoms with van der Waals surface area (Å²) in [6, 6.07) is 0. The molecule has 0 aromatic heterocycles. The molecule has 0 unspecified atom stereocenters. The quantitative estimate of drug-likeness (QED) is 0.269. The summed E-state index contributed by atoms with van der Waals surface area (Å²) in [5.41, 5.74) is 0. The van der Waals surface area contributed by atoms with Gasteiger partial charge < -0.3 is 20.4 Å². The predicted octanol–water partition coefficient (Wildman–Crippen LogP) is -1.20. The number of carboxylic acids is 3. The Morgan fingerprint density at radius 2 is 0.947 bits per heavy atom. The van der Waals surface area contributed by atoms with Gasteiger partial charge in [0.1, 0.15) is 6.61 Å². The van der Waals surface area contributed by atoms with Crippen LogP contribution in [0, 0.1) is 10.8 Å². The Morgan fingerprint density at radius 3 is 1.00 bits per heavy atom. The second-order valence-electron chi connectivity index (χ2n) is 2.04. The van der Waals surface area contributed by atoms with E-state index >= 15 is 0 Å². The van der Waals surface area contributed by atoms with Gasteiger partial charge in [-0.1, -0.05) is 0 Å². The molecule has 0 saturated heterocycles. The summed E-state index contributed by atoms with van der Waals surface area (Å²) >= 11 is 0. The van der Waals surface area contributed by atoms with E-state index < -0.39 is 24.5 Å². The fourth-order valence-electron chi connectivity index (χ4n) is 0.214. The van der Waals surface area contributed by atoms with Crippen LogP contribution in [0.3, 0.4) is 0 Å². The Labute approximate surface area is 106 Å². The van der Waals surface area contributed by atoms with Crippen molar-refractivity contribution in [2.24, 2.45) is 0 Å². The van der Waals surface area contributed by atoms with Crippen LogP contribution in [0.15, 0.2) is 0 Å². The number of hydrogen-bond acceptors (Lipinski definition) is 8. The van der Waals surface area contributed by atoms with Crippen molar-refractivity contribution in [3.63, 3.8) is 0 Å². The lowest BCUT2D eigenvalue weighted by atomic mass is 10.3. The Morgan fingerprint density at radius 1 is 0.789 bits per heavy atom. The summed E-state index contributed by atoms with van der Waals surface area (Å²) in [5.74, 6) is -3.34. The predicted molar refractivity (Wildman–Crippen MR) is 56.1 cm³/mol. The van der Waals surface area contributed by atoms with E-state index in [1.165, 1.54) is 0 Å². The molecule has 0 fully saturated rings. The van der Waals surface area contributed by atoms with E-state index in [1.807, 2.05) is 0 Å².